The summed E-state index contributed by atoms with van der Waals surface area (Å²) in [5, 5.41) is 11.6. The Morgan fingerprint density at radius 3 is 2.64 bits per heavy atom. The Hall–Kier alpha value is -0.610. The van der Waals surface area contributed by atoms with Gasteiger partial charge in [0, 0.05) is 6.54 Å². The fourth-order valence-corrected chi connectivity index (χ4v) is 1.11. The molecule has 1 atom stereocenters. The Balaban J connectivity index is 2.20. The van der Waals surface area contributed by atoms with Crippen LogP contribution in [-0.4, -0.2) is 29.7 Å². The van der Waals surface area contributed by atoms with Crippen molar-refractivity contribution in [3.8, 4) is 0 Å². The number of aliphatic carboxylic acids is 1. The molecule has 11 heavy (non-hydrogen) atoms. The molecule has 1 fully saturated rings. The van der Waals surface area contributed by atoms with Gasteiger partial charge in [-0.05, 0) is 25.8 Å². The van der Waals surface area contributed by atoms with Crippen LogP contribution in [0.5, 0.6) is 0 Å². The molecule has 1 saturated heterocycles. The first-order valence-electron chi connectivity index (χ1n) is 3.90. The highest BCUT2D eigenvalue weighted by Gasteiger charge is 2.48. The zero-order valence-electron chi connectivity index (χ0n) is 6.47. The topological polar surface area (TPSA) is 85.3 Å². The van der Waals surface area contributed by atoms with Gasteiger partial charge >= 0.3 is 5.97 Å². The molecule has 64 valence electrons. The van der Waals surface area contributed by atoms with Gasteiger partial charge in [-0.1, -0.05) is 0 Å². The van der Waals surface area contributed by atoms with E-state index in [-0.39, 0.29) is 0 Å². The van der Waals surface area contributed by atoms with Crippen molar-refractivity contribution >= 4 is 5.97 Å². The van der Waals surface area contributed by atoms with Crippen LogP contribution < -0.4 is 11.1 Å². The number of hydrogen-bond donors (Lipinski definition) is 3. The molecule has 4 heteroatoms. The minimum Gasteiger partial charge on any atom is -0.480 e. The zero-order valence-corrected chi connectivity index (χ0v) is 6.47. The van der Waals surface area contributed by atoms with E-state index < -0.39 is 11.5 Å². The Kier molecular flexibility index (Phi) is 2.46. The van der Waals surface area contributed by atoms with Gasteiger partial charge in [-0.15, -0.1) is 0 Å². The highest BCUT2D eigenvalue weighted by Crippen LogP contribution is 2.23. The smallest absolute Gasteiger partial charge is 0.325 e. The Morgan fingerprint density at radius 2 is 2.27 bits per heavy atom. The molecule has 0 unspecified atom stereocenters. The van der Waals surface area contributed by atoms with E-state index in [2.05, 4.69) is 5.32 Å². The fourth-order valence-electron chi connectivity index (χ4n) is 1.11. The van der Waals surface area contributed by atoms with Crippen LogP contribution in [0.25, 0.3) is 0 Å². The average molecular weight is 158 g/mol. The standard InChI is InChI=1S/C7H14N2O2/c8-4-2-1-3-7(5-9-7)6(10)11/h9H,1-5,8H2,(H,10,11)/t7-/m1/s1. The number of nitrogens with two attached hydrogens (primary N) is 1. The largest absolute Gasteiger partial charge is 0.480 e. The lowest BCUT2D eigenvalue weighted by molar-refractivity contribution is -0.140. The molecule has 1 aliphatic rings. The normalized spacial score (nSPS) is 28.5. The number of rotatable bonds is 5. The van der Waals surface area contributed by atoms with Gasteiger partial charge in [0.05, 0.1) is 0 Å². The van der Waals surface area contributed by atoms with Crippen molar-refractivity contribution in [2.24, 2.45) is 5.73 Å². The number of nitrogens with one attached hydrogen (secondary N) is 1. The van der Waals surface area contributed by atoms with Crippen LogP contribution in [0.15, 0.2) is 0 Å². The van der Waals surface area contributed by atoms with Crippen LogP contribution in [-0.2, 0) is 4.79 Å². The maximum Gasteiger partial charge on any atom is 0.325 e. The fraction of sp³-hybridized carbons (Fsp3) is 0.857. The molecule has 4 N–H and O–H groups in total. The van der Waals surface area contributed by atoms with Crippen molar-refractivity contribution in [1.29, 1.82) is 0 Å². The predicted molar refractivity (Wildman–Crippen MR) is 41.3 cm³/mol. The SMILES string of the molecule is NCCCC[C@]1(C(=O)O)CN1. The van der Waals surface area contributed by atoms with Gasteiger partial charge in [-0.2, -0.15) is 0 Å². The second kappa shape index (κ2) is 3.19. The van der Waals surface area contributed by atoms with Crippen molar-refractivity contribution in [2.75, 3.05) is 13.1 Å². The summed E-state index contributed by atoms with van der Waals surface area (Å²) in [7, 11) is 0. The maximum absolute atomic E-state index is 10.6. The highest BCUT2D eigenvalue weighted by atomic mass is 16.4. The van der Waals surface area contributed by atoms with Gasteiger partial charge in [-0.25, -0.2) is 0 Å². The van der Waals surface area contributed by atoms with E-state index >= 15 is 0 Å². The average Bonchev–Trinajstić information content (AvgIpc) is 2.70. The molecule has 1 rings (SSSR count). The van der Waals surface area contributed by atoms with Gasteiger partial charge in [0.1, 0.15) is 5.54 Å². The Morgan fingerprint density at radius 1 is 1.64 bits per heavy atom. The molecule has 0 amide bonds. The third-order valence-electron chi connectivity index (χ3n) is 2.07. The van der Waals surface area contributed by atoms with Crippen LogP contribution in [0, 0.1) is 0 Å². The molecule has 0 bridgehead atoms. The van der Waals surface area contributed by atoms with E-state index in [9.17, 15) is 4.79 Å². The van der Waals surface area contributed by atoms with Gasteiger partial charge in [0.15, 0.2) is 0 Å². The first kappa shape index (κ1) is 8.49. The minimum atomic E-state index is -0.727. The van der Waals surface area contributed by atoms with Crippen molar-refractivity contribution in [1.82, 2.24) is 5.32 Å². The van der Waals surface area contributed by atoms with Crippen molar-refractivity contribution < 1.29 is 9.90 Å². The number of unbranched alkanes of at least 4 members (excludes halogenated alkanes) is 1. The summed E-state index contributed by atoms with van der Waals surface area (Å²) in [5.74, 6) is -0.727. The second-order valence-electron chi connectivity index (χ2n) is 2.99. The summed E-state index contributed by atoms with van der Waals surface area (Å²) < 4.78 is 0. The Bertz CT molecular complexity index is 155. The van der Waals surface area contributed by atoms with Crippen molar-refractivity contribution in [3.63, 3.8) is 0 Å². The summed E-state index contributed by atoms with van der Waals surface area (Å²) in [4.78, 5) is 10.6. The maximum atomic E-state index is 10.6. The van der Waals surface area contributed by atoms with Crippen LogP contribution in [0.3, 0.4) is 0 Å². The van der Waals surface area contributed by atoms with Crippen molar-refractivity contribution in [3.05, 3.63) is 0 Å². The molecule has 0 saturated carbocycles. The first-order valence-corrected chi connectivity index (χ1v) is 3.90. The molecule has 0 aromatic carbocycles. The molecule has 0 aliphatic carbocycles. The lowest BCUT2D eigenvalue weighted by Crippen LogP contribution is -2.27. The van der Waals surface area contributed by atoms with E-state index in [1.54, 1.807) is 0 Å². The molecular weight excluding hydrogens is 144 g/mol. The molecule has 1 aliphatic heterocycles. The third kappa shape index (κ3) is 1.91. The lowest BCUT2D eigenvalue weighted by Gasteiger charge is -2.05. The van der Waals surface area contributed by atoms with Crippen LogP contribution in [0.1, 0.15) is 19.3 Å². The first-order chi connectivity index (χ1) is 5.21. The molecular formula is C7H14N2O2. The van der Waals surface area contributed by atoms with Gasteiger partial charge in [0.2, 0.25) is 0 Å². The van der Waals surface area contributed by atoms with Crippen LogP contribution >= 0.6 is 0 Å². The van der Waals surface area contributed by atoms with Gasteiger partial charge in [0.25, 0.3) is 0 Å². The quantitative estimate of drug-likeness (QED) is 0.373. The number of carboxylic acids is 1. The Labute approximate surface area is 65.8 Å². The molecule has 1 heterocycles. The van der Waals surface area contributed by atoms with E-state index in [4.69, 9.17) is 10.8 Å². The second-order valence-corrected chi connectivity index (χ2v) is 2.99. The molecule has 4 nitrogen and oxygen atoms in total. The molecule has 0 spiro atoms. The summed E-state index contributed by atoms with van der Waals surface area (Å²) in [6, 6.07) is 0. The number of carboxylic acid groups (broad SMARTS) is 1. The minimum absolute atomic E-state index is 0.588. The van der Waals surface area contributed by atoms with Crippen molar-refractivity contribution in [2.45, 2.75) is 24.8 Å². The number of hydrogen-bond acceptors (Lipinski definition) is 3. The van der Waals surface area contributed by atoms with Gasteiger partial charge in [-0.3, -0.25) is 10.1 Å². The summed E-state index contributed by atoms with van der Waals surface area (Å²) in [6.45, 7) is 1.27. The predicted octanol–water partition coefficient (Wildman–Crippen LogP) is -0.458. The van der Waals surface area contributed by atoms with Gasteiger partial charge < -0.3 is 10.8 Å². The van der Waals surface area contributed by atoms with Crippen LogP contribution in [0.2, 0.25) is 0 Å². The van der Waals surface area contributed by atoms with E-state index in [0.29, 0.717) is 19.5 Å². The molecule has 0 aromatic heterocycles. The third-order valence-corrected chi connectivity index (χ3v) is 2.07. The highest BCUT2D eigenvalue weighted by molar-refractivity contribution is 5.82. The van der Waals surface area contributed by atoms with E-state index in [0.717, 1.165) is 12.8 Å². The summed E-state index contributed by atoms with van der Waals surface area (Å²) >= 11 is 0. The van der Waals surface area contributed by atoms with E-state index in [1.165, 1.54) is 0 Å². The summed E-state index contributed by atoms with van der Waals surface area (Å²) in [5.41, 5.74) is 4.70. The van der Waals surface area contributed by atoms with E-state index in [1.807, 2.05) is 0 Å². The van der Waals surface area contributed by atoms with Crippen LogP contribution in [0.4, 0.5) is 0 Å². The monoisotopic (exact) mass is 158 g/mol. The number of carbonyl (C=O) groups is 1. The zero-order chi connectivity index (χ0) is 8.32. The molecule has 0 aromatic rings. The molecule has 0 radical (unpaired) electrons. The summed E-state index contributed by atoms with van der Waals surface area (Å²) in [6.07, 6.45) is 2.52. The lowest BCUT2D eigenvalue weighted by atomic mass is 10.0.